The average molecular weight is 477 g/mol. The van der Waals surface area contributed by atoms with Gasteiger partial charge in [-0.1, -0.05) is 17.9 Å². The summed E-state index contributed by atoms with van der Waals surface area (Å²) in [6, 6.07) is 6.22. The second-order valence-corrected chi connectivity index (χ2v) is 10.1. The van der Waals surface area contributed by atoms with Gasteiger partial charge in [-0.25, -0.2) is 22.8 Å². The quantitative estimate of drug-likeness (QED) is 0.584. The number of aliphatic hydroxyl groups excluding tert-OH is 1. The number of aromatic nitrogens is 1. The highest BCUT2D eigenvalue weighted by Gasteiger charge is 2.33. The number of aliphatic hydroxyl groups is 1. The van der Waals surface area contributed by atoms with Gasteiger partial charge in [-0.15, -0.1) is 0 Å². The van der Waals surface area contributed by atoms with E-state index in [0.717, 1.165) is 0 Å². The van der Waals surface area contributed by atoms with Crippen molar-refractivity contribution in [1.82, 2.24) is 4.98 Å². The third-order valence-corrected chi connectivity index (χ3v) is 6.56. The van der Waals surface area contributed by atoms with Crippen molar-refractivity contribution in [1.29, 1.82) is 4.78 Å². The van der Waals surface area contributed by atoms with Gasteiger partial charge in [0.2, 0.25) is 5.92 Å². The van der Waals surface area contributed by atoms with Crippen molar-refractivity contribution in [3.63, 3.8) is 0 Å². The highest BCUT2D eigenvalue weighted by atomic mass is 32.2. The van der Waals surface area contributed by atoms with Crippen LogP contribution in [-0.4, -0.2) is 52.1 Å². The van der Waals surface area contributed by atoms with Gasteiger partial charge in [0.1, 0.15) is 12.4 Å². The first-order valence-electron chi connectivity index (χ1n) is 10.4. The Morgan fingerprint density at radius 2 is 2.12 bits per heavy atom. The minimum Gasteiger partial charge on any atom is -0.384 e. The second-order valence-electron chi connectivity index (χ2n) is 7.98. The monoisotopic (exact) mass is 476 g/mol. The zero-order valence-electron chi connectivity index (χ0n) is 18.5. The summed E-state index contributed by atoms with van der Waals surface area (Å²) in [6.45, 7) is 1.71. The van der Waals surface area contributed by atoms with Crippen LogP contribution in [0.3, 0.4) is 0 Å². The summed E-state index contributed by atoms with van der Waals surface area (Å²) in [4.78, 5) is 19.7. The number of benzene rings is 1. The van der Waals surface area contributed by atoms with Crippen LogP contribution in [0.2, 0.25) is 0 Å². The Morgan fingerprint density at radius 1 is 1.36 bits per heavy atom. The third kappa shape index (κ3) is 6.06. The predicted molar refractivity (Wildman–Crippen MR) is 123 cm³/mol. The molecule has 7 nitrogen and oxygen atoms in total. The van der Waals surface area contributed by atoms with Crippen molar-refractivity contribution in [3.8, 4) is 11.8 Å². The van der Waals surface area contributed by atoms with Gasteiger partial charge in [-0.2, -0.15) is 0 Å². The Bertz CT molecular complexity index is 1220. The molecular formula is C23H26F2N4O3S. The summed E-state index contributed by atoms with van der Waals surface area (Å²) >= 11 is 0. The lowest BCUT2D eigenvalue weighted by Crippen LogP contribution is -2.30. The molecule has 0 radical (unpaired) electrons. The molecular weight excluding hydrogens is 450 g/mol. The molecule has 2 heterocycles. The van der Waals surface area contributed by atoms with Crippen molar-refractivity contribution < 1.29 is 22.9 Å². The number of carbonyl (C=O) groups excluding carboxylic acids is 1. The fourth-order valence-corrected chi connectivity index (χ4v) is 4.34. The van der Waals surface area contributed by atoms with Gasteiger partial charge in [0, 0.05) is 54.5 Å². The van der Waals surface area contributed by atoms with Gasteiger partial charge in [0.05, 0.1) is 15.3 Å². The number of anilines is 2. The fraction of sp³-hybridized carbons (Fsp3) is 0.391. The molecule has 1 aromatic heterocycles. The summed E-state index contributed by atoms with van der Waals surface area (Å²) in [5, 5.41) is 11.8. The highest BCUT2D eigenvalue weighted by Crippen LogP contribution is 2.32. The maximum Gasteiger partial charge on any atom is 0.259 e. The number of halogens is 2. The molecule has 33 heavy (non-hydrogen) atoms. The molecule has 3 N–H and O–H groups in total. The molecule has 1 aromatic carbocycles. The Kier molecular flexibility index (Phi) is 7.34. The van der Waals surface area contributed by atoms with E-state index in [2.05, 4.69) is 22.1 Å². The first-order valence-corrected chi connectivity index (χ1v) is 12.4. The van der Waals surface area contributed by atoms with Crippen molar-refractivity contribution in [2.45, 2.75) is 37.0 Å². The lowest BCUT2D eigenvalue weighted by atomic mass is 10.0. The number of nitrogens with zero attached hydrogens (tertiary/aromatic N) is 2. The minimum atomic E-state index is -2.98. The lowest BCUT2D eigenvalue weighted by Gasteiger charge is -2.25. The van der Waals surface area contributed by atoms with Crippen molar-refractivity contribution in [2.24, 2.45) is 0 Å². The molecule has 0 bridgehead atoms. The van der Waals surface area contributed by atoms with Crippen molar-refractivity contribution in [2.75, 3.05) is 36.2 Å². The number of carbonyl (C=O) groups is 1. The van der Waals surface area contributed by atoms with E-state index < -0.39 is 21.6 Å². The topological polar surface area (TPSA) is 106 Å². The standard InChI is InChI=1S/C23H26F2N4O3S/c1-16-17(6-4-13-30)15-27-21(29-11-5-9-23(24,25)10-12-29)20(16)22(31)28-18-7-3-8-19(14-18)33(2,26)32/h3,7-8,14-15,26,30H,5,9-13H2,1-2H3,(H,28,31). The molecule has 0 saturated carbocycles. The van der Waals surface area contributed by atoms with E-state index in [1.54, 1.807) is 30.0 Å². The van der Waals surface area contributed by atoms with E-state index in [4.69, 9.17) is 9.89 Å². The van der Waals surface area contributed by atoms with E-state index >= 15 is 0 Å². The molecule has 1 aliphatic heterocycles. The summed E-state index contributed by atoms with van der Waals surface area (Å²) in [5.41, 5.74) is 1.48. The van der Waals surface area contributed by atoms with E-state index in [1.807, 2.05) is 0 Å². The van der Waals surface area contributed by atoms with Gasteiger partial charge in [0.15, 0.2) is 0 Å². The minimum absolute atomic E-state index is 0.0492. The molecule has 10 heteroatoms. The zero-order valence-corrected chi connectivity index (χ0v) is 19.3. The number of rotatable bonds is 4. The molecule has 1 unspecified atom stereocenters. The van der Waals surface area contributed by atoms with Crippen LogP contribution in [-0.2, 0) is 9.73 Å². The van der Waals surface area contributed by atoms with Crippen LogP contribution in [0.5, 0.6) is 0 Å². The Balaban J connectivity index is 2.03. The van der Waals surface area contributed by atoms with E-state index in [1.165, 1.54) is 18.5 Å². The Morgan fingerprint density at radius 3 is 2.82 bits per heavy atom. The third-order valence-electron chi connectivity index (χ3n) is 5.41. The number of alkyl halides is 2. The van der Waals surface area contributed by atoms with Crippen molar-refractivity contribution >= 4 is 27.1 Å². The molecule has 0 aliphatic carbocycles. The maximum absolute atomic E-state index is 13.9. The smallest absolute Gasteiger partial charge is 0.259 e. The summed E-state index contributed by atoms with van der Waals surface area (Å²) in [7, 11) is -2.98. The first-order chi connectivity index (χ1) is 15.5. The molecule has 1 fully saturated rings. The summed E-state index contributed by atoms with van der Waals surface area (Å²) < 4.78 is 47.7. The Labute approximate surface area is 192 Å². The van der Waals surface area contributed by atoms with Crippen LogP contribution in [0.25, 0.3) is 0 Å². The van der Waals surface area contributed by atoms with Crippen LogP contribution in [0, 0.1) is 23.5 Å². The van der Waals surface area contributed by atoms with Crippen LogP contribution in [0.4, 0.5) is 20.3 Å². The number of nitrogens with one attached hydrogen (secondary N) is 2. The first kappa shape index (κ1) is 24.6. The maximum atomic E-state index is 13.9. The highest BCUT2D eigenvalue weighted by molar-refractivity contribution is 7.91. The summed E-state index contributed by atoms with van der Waals surface area (Å²) in [6.07, 6.45) is 2.47. The largest absolute Gasteiger partial charge is 0.384 e. The van der Waals surface area contributed by atoms with Crippen LogP contribution >= 0.6 is 0 Å². The number of hydrogen-bond acceptors (Lipinski definition) is 6. The number of hydrogen-bond donors (Lipinski definition) is 3. The van der Waals surface area contributed by atoms with Crippen LogP contribution < -0.4 is 10.2 Å². The van der Waals surface area contributed by atoms with Crippen LogP contribution in [0.1, 0.15) is 40.7 Å². The molecule has 0 spiro atoms. The molecule has 3 rings (SSSR count). The van der Waals surface area contributed by atoms with E-state index in [9.17, 15) is 17.8 Å². The molecule has 1 aliphatic rings. The van der Waals surface area contributed by atoms with Gasteiger partial charge in [-0.3, -0.25) is 4.79 Å². The second kappa shape index (κ2) is 9.85. The molecule has 1 saturated heterocycles. The van der Waals surface area contributed by atoms with Crippen LogP contribution in [0.15, 0.2) is 35.4 Å². The van der Waals surface area contributed by atoms with Gasteiger partial charge < -0.3 is 15.3 Å². The van der Waals surface area contributed by atoms with Gasteiger partial charge >= 0.3 is 0 Å². The fourth-order valence-electron chi connectivity index (χ4n) is 3.65. The summed E-state index contributed by atoms with van der Waals surface area (Å²) in [5.74, 6) is 2.30. The number of amides is 1. The SMILES string of the molecule is Cc1c(C#CCO)cnc(N2CCCC(F)(F)CC2)c1C(=O)Nc1cccc(S(C)(=N)=O)c1. The number of pyridine rings is 1. The van der Waals surface area contributed by atoms with Crippen molar-refractivity contribution in [3.05, 3.63) is 47.2 Å². The van der Waals surface area contributed by atoms with Gasteiger partial charge in [0.25, 0.3) is 5.91 Å². The molecule has 2 aromatic rings. The zero-order chi connectivity index (χ0) is 24.2. The Hall–Kier alpha value is -3.03. The van der Waals surface area contributed by atoms with E-state index in [-0.39, 0.29) is 48.7 Å². The predicted octanol–water partition coefficient (Wildman–Crippen LogP) is 3.65. The lowest BCUT2D eigenvalue weighted by molar-refractivity contribution is -0.0102. The normalized spacial score (nSPS) is 17.3. The van der Waals surface area contributed by atoms with Gasteiger partial charge in [-0.05, 0) is 37.1 Å². The molecule has 176 valence electrons. The van der Waals surface area contributed by atoms with E-state index in [0.29, 0.717) is 23.4 Å². The molecule has 1 amide bonds. The average Bonchev–Trinajstić information content (AvgIpc) is 2.92. The molecule has 1 atom stereocenters.